The van der Waals surface area contributed by atoms with Crippen LogP contribution in [0.4, 0.5) is 0 Å². The zero-order chi connectivity index (χ0) is 23.5. The Bertz CT molecular complexity index is 1280. The Morgan fingerprint density at radius 2 is 1.42 bits per heavy atom. The van der Waals surface area contributed by atoms with Gasteiger partial charge in [0.1, 0.15) is 0 Å². The van der Waals surface area contributed by atoms with Crippen molar-refractivity contribution in [2.75, 3.05) is 11.5 Å². The van der Waals surface area contributed by atoms with E-state index >= 15 is 0 Å². The lowest BCUT2D eigenvalue weighted by Gasteiger charge is -2.32. The van der Waals surface area contributed by atoms with Crippen molar-refractivity contribution in [3.8, 4) is 0 Å². The van der Waals surface area contributed by atoms with Crippen LogP contribution in [0.3, 0.4) is 0 Å². The Hall–Kier alpha value is -2.23. The molecule has 4 rings (SSSR count). The van der Waals surface area contributed by atoms with Crippen molar-refractivity contribution in [2.45, 2.75) is 30.1 Å². The van der Waals surface area contributed by atoms with Crippen LogP contribution in [-0.4, -0.2) is 44.7 Å². The lowest BCUT2D eigenvalue weighted by molar-refractivity contribution is 0.286. The first-order valence-corrected chi connectivity index (χ1v) is 14.2. The van der Waals surface area contributed by atoms with Crippen LogP contribution in [0.1, 0.15) is 11.1 Å². The molecule has 33 heavy (non-hydrogen) atoms. The van der Waals surface area contributed by atoms with E-state index in [2.05, 4.69) is 5.32 Å². The van der Waals surface area contributed by atoms with Crippen molar-refractivity contribution in [1.82, 2.24) is 9.62 Å². The maximum Gasteiger partial charge on any atom is 0.243 e. The highest BCUT2D eigenvalue weighted by Crippen LogP contribution is 2.28. The van der Waals surface area contributed by atoms with Gasteiger partial charge in [0.05, 0.1) is 22.4 Å². The van der Waals surface area contributed by atoms with Gasteiger partial charge in [-0.15, -0.1) is 0 Å². The molecule has 1 aliphatic rings. The molecule has 1 fully saturated rings. The molecule has 3 aromatic rings. The van der Waals surface area contributed by atoms with E-state index in [0.29, 0.717) is 11.6 Å². The van der Waals surface area contributed by atoms with Crippen molar-refractivity contribution in [3.63, 3.8) is 0 Å². The molecule has 1 aliphatic heterocycles. The number of benzene rings is 3. The van der Waals surface area contributed by atoms with Crippen molar-refractivity contribution < 1.29 is 16.8 Å². The molecule has 0 bridgehead atoms. The minimum Gasteiger partial charge on any atom is -0.307 e. The standard InChI is InChI=1S/C24H25ClN2O4S2/c25-21-11-13-22(14-12-21)33(30,31)27(16-20-9-5-2-6-10-20)24-18-32(28,29)17-23(24)26-15-19-7-3-1-4-8-19/h1-14,23-24,26H,15-18H2/t23-,24-/m1/s1. The van der Waals surface area contributed by atoms with Crippen LogP contribution in [0, 0.1) is 0 Å². The molecule has 9 heteroatoms. The third-order valence-electron chi connectivity index (χ3n) is 5.71. The van der Waals surface area contributed by atoms with E-state index in [0.717, 1.165) is 11.1 Å². The van der Waals surface area contributed by atoms with E-state index in [1.165, 1.54) is 28.6 Å². The molecule has 1 heterocycles. The fraction of sp³-hybridized carbons (Fsp3) is 0.250. The van der Waals surface area contributed by atoms with Crippen LogP contribution >= 0.6 is 11.6 Å². The molecule has 3 aromatic carbocycles. The molecule has 2 atom stereocenters. The first-order valence-electron chi connectivity index (χ1n) is 10.5. The van der Waals surface area contributed by atoms with E-state index in [4.69, 9.17) is 11.6 Å². The van der Waals surface area contributed by atoms with E-state index in [-0.39, 0.29) is 22.9 Å². The average Bonchev–Trinajstić information content (AvgIpc) is 3.11. The number of rotatable bonds is 8. The summed E-state index contributed by atoms with van der Waals surface area (Å²) in [5, 5.41) is 3.72. The lowest BCUT2D eigenvalue weighted by Crippen LogP contribution is -2.51. The summed E-state index contributed by atoms with van der Waals surface area (Å²) in [7, 11) is -7.42. The van der Waals surface area contributed by atoms with Gasteiger partial charge in [-0.2, -0.15) is 4.31 Å². The van der Waals surface area contributed by atoms with Crippen LogP contribution in [0.2, 0.25) is 5.02 Å². The van der Waals surface area contributed by atoms with Gasteiger partial charge < -0.3 is 5.32 Å². The summed E-state index contributed by atoms with van der Waals surface area (Å²) < 4.78 is 54.1. The molecule has 0 unspecified atom stereocenters. The summed E-state index contributed by atoms with van der Waals surface area (Å²) in [6.07, 6.45) is 0. The molecule has 0 aromatic heterocycles. The zero-order valence-electron chi connectivity index (χ0n) is 17.8. The Morgan fingerprint density at radius 1 is 0.848 bits per heavy atom. The third-order valence-corrected chi connectivity index (χ3v) is 9.56. The van der Waals surface area contributed by atoms with Crippen LogP contribution in [-0.2, 0) is 33.0 Å². The quantitative estimate of drug-likeness (QED) is 0.507. The van der Waals surface area contributed by atoms with Gasteiger partial charge in [0.15, 0.2) is 9.84 Å². The Kier molecular flexibility index (Phi) is 7.21. The molecule has 0 spiro atoms. The van der Waals surface area contributed by atoms with Gasteiger partial charge in [0.2, 0.25) is 10.0 Å². The van der Waals surface area contributed by atoms with E-state index in [9.17, 15) is 16.8 Å². The highest BCUT2D eigenvalue weighted by molar-refractivity contribution is 7.92. The molecule has 0 saturated carbocycles. The highest BCUT2D eigenvalue weighted by Gasteiger charge is 2.45. The number of halogens is 1. The Labute approximate surface area is 200 Å². The molecule has 0 amide bonds. The predicted molar refractivity (Wildman–Crippen MR) is 130 cm³/mol. The smallest absolute Gasteiger partial charge is 0.243 e. The highest BCUT2D eigenvalue weighted by atomic mass is 35.5. The first-order chi connectivity index (χ1) is 15.7. The third kappa shape index (κ3) is 5.83. The summed E-state index contributed by atoms with van der Waals surface area (Å²) in [6, 6.07) is 23.4. The number of nitrogens with one attached hydrogen (secondary N) is 1. The van der Waals surface area contributed by atoms with Gasteiger partial charge in [0, 0.05) is 24.2 Å². The lowest BCUT2D eigenvalue weighted by atomic mass is 10.1. The molecule has 0 aliphatic carbocycles. The molecule has 174 valence electrons. The molecule has 0 radical (unpaired) electrons. The van der Waals surface area contributed by atoms with Crippen LogP contribution in [0.5, 0.6) is 0 Å². The van der Waals surface area contributed by atoms with Gasteiger partial charge >= 0.3 is 0 Å². The second kappa shape index (κ2) is 9.95. The minimum atomic E-state index is -4.00. The van der Waals surface area contributed by atoms with Gasteiger partial charge in [-0.1, -0.05) is 72.3 Å². The van der Waals surface area contributed by atoms with E-state index < -0.39 is 31.9 Å². The fourth-order valence-electron chi connectivity index (χ4n) is 4.04. The second-order valence-corrected chi connectivity index (χ2v) is 12.6. The largest absolute Gasteiger partial charge is 0.307 e. The minimum absolute atomic E-state index is 0.0650. The molecular formula is C24H25ClN2O4S2. The fourth-order valence-corrected chi connectivity index (χ4v) is 7.86. The summed E-state index contributed by atoms with van der Waals surface area (Å²) >= 11 is 5.96. The molecule has 1 saturated heterocycles. The van der Waals surface area contributed by atoms with Gasteiger partial charge in [-0.05, 0) is 35.4 Å². The van der Waals surface area contributed by atoms with Crippen molar-refractivity contribution in [1.29, 1.82) is 0 Å². The Balaban J connectivity index is 1.69. The normalized spacial score (nSPS) is 20.2. The second-order valence-electron chi connectivity index (χ2n) is 8.11. The summed E-state index contributed by atoms with van der Waals surface area (Å²) in [5.74, 6) is -0.356. The van der Waals surface area contributed by atoms with Crippen molar-refractivity contribution in [3.05, 3.63) is 101 Å². The van der Waals surface area contributed by atoms with Gasteiger partial charge in [0.25, 0.3) is 0 Å². The Morgan fingerprint density at radius 3 is 2.03 bits per heavy atom. The van der Waals surface area contributed by atoms with Crippen LogP contribution in [0.25, 0.3) is 0 Å². The number of nitrogens with zero attached hydrogens (tertiary/aromatic N) is 1. The van der Waals surface area contributed by atoms with E-state index in [1.807, 2.05) is 60.7 Å². The zero-order valence-corrected chi connectivity index (χ0v) is 20.2. The summed E-state index contributed by atoms with van der Waals surface area (Å²) in [6.45, 7) is 0.507. The summed E-state index contributed by atoms with van der Waals surface area (Å²) in [4.78, 5) is 0.0777. The van der Waals surface area contributed by atoms with Gasteiger partial charge in [-0.3, -0.25) is 0 Å². The van der Waals surface area contributed by atoms with E-state index in [1.54, 1.807) is 0 Å². The SMILES string of the molecule is O=S1(=O)C[C@@H](N(Cc2ccccc2)S(=O)(=O)c2ccc(Cl)cc2)[C@H](NCc2ccccc2)C1. The number of hydrogen-bond acceptors (Lipinski definition) is 5. The maximum atomic E-state index is 13.7. The number of hydrogen-bond donors (Lipinski definition) is 1. The maximum absolute atomic E-state index is 13.7. The van der Waals surface area contributed by atoms with Crippen molar-refractivity contribution >= 4 is 31.5 Å². The topological polar surface area (TPSA) is 83.6 Å². The number of sulfonamides is 1. The van der Waals surface area contributed by atoms with Gasteiger partial charge in [-0.25, -0.2) is 16.8 Å². The van der Waals surface area contributed by atoms with Crippen molar-refractivity contribution in [2.24, 2.45) is 0 Å². The molecule has 6 nitrogen and oxygen atoms in total. The van der Waals surface area contributed by atoms with Crippen LogP contribution in [0.15, 0.2) is 89.8 Å². The monoisotopic (exact) mass is 504 g/mol. The molecular weight excluding hydrogens is 480 g/mol. The summed E-state index contributed by atoms with van der Waals surface area (Å²) in [5.41, 5.74) is 1.77. The predicted octanol–water partition coefficient (Wildman–Crippen LogP) is 3.49. The number of sulfone groups is 1. The van der Waals surface area contributed by atoms with Crippen LogP contribution < -0.4 is 5.32 Å². The average molecular weight is 505 g/mol. The first kappa shape index (κ1) is 23.9. The molecule has 1 N–H and O–H groups in total.